The van der Waals surface area contributed by atoms with E-state index in [9.17, 15) is 43.2 Å². The van der Waals surface area contributed by atoms with Crippen LogP contribution in [0, 0.1) is 11.8 Å². The highest BCUT2D eigenvalue weighted by Crippen LogP contribution is 2.45. The van der Waals surface area contributed by atoms with Gasteiger partial charge in [0.25, 0.3) is 0 Å². The molecule has 17 nitrogen and oxygen atoms in total. The number of rotatable bonds is 66. The van der Waals surface area contributed by atoms with Crippen LogP contribution in [0.15, 0.2) is 0 Å². The van der Waals surface area contributed by atoms with E-state index in [1.807, 2.05) is 0 Å². The van der Waals surface area contributed by atoms with E-state index < -0.39 is 97.5 Å². The second-order valence-corrected chi connectivity index (χ2v) is 28.1. The summed E-state index contributed by atoms with van der Waals surface area (Å²) in [6.45, 7) is 9.39. The van der Waals surface area contributed by atoms with Gasteiger partial charge in [0, 0.05) is 25.7 Å². The summed E-state index contributed by atoms with van der Waals surface area (Å²) >= 11 is 0. The first kappa shape index (κ1) is 84.1. The fourth-order valence-electron chi connectivity index (χ4n) is 10.1. The van der Waals surface area contributed by atoms with Crippen LogP contribution in [-0.4, -0.2) is 96.7 Å². The molecule has 0 aliphatic rings. The first-order chi connectivity index (χ1) is 41.4. The number of carbonyl (C=O) groups excluding carboxylic acids is 4. The van der Waals surface area contributed by atoms with Crippen molar-refractivity contribution in [3.63, 3.8) is 0 Å². The molecule has 0 aromatic carbocycles. The van der Waals surface area contributed by atoms with Crippen molar-refractivity contribution >= 4 is 39.5 Å². The van der Waals surface area contributed by atoms with Crippen molar-refractivity contribution in [2.24, 2.45) is 11.8 Å². The zero-order chi connectivity index (χ0) is 63.6. The molecule has 510 valence electrons. The van der Waals surface area contributed by atoms with Crippen LogP contribution in [0.2, 0.25) is 0 Å². The minimum Gasteiger partial charge on any atom is -0.462 e. The van der Waals surface area contributed by atoms with Gasteiger partial charge in [-0.1, -0.05) is 286 Å². The van der Waals surface area contributed by atoms with Crippen LogP contribution < -0.4 is 0 Å². The summed E-state index contributed by atoms with van der Waals surface area (Å²) in [6.07, 6.45) is 43.5. The Bertz CT molecular complexity index is 1680. The molecule has 0 fully saturated rings. The minimum absolute atomic E-state index is 0.104. The van der Waals surface area contributed by atoms with Gasteiger partial charge in [0.1, 0.15) is 19.3 Å². The van der Waals surface area contributed by atoms with Crippen molar-refractivity contribution < 1.29 is 80.2 Å². The van der Waals surface area contributed by atoms with Crippen molar-refractivity contribution in [3.8, 4) is 0 Å². The molecule has 0 spiro atoms. The highest BCUT2D eigenvalue weighted by atomic mass is 31.2. The number of carbonyl (C=O) groups is 4. The number of unbranched alkanes of at least 4 members (excludes halogenated alkanes) is 36. The Kier molecular flexibility index (Phi) is 58.0. The van der Waals surface area contributed by atoms with Crippen LogP contribution in [0.3, 0.4) is 0 Å². The molecule has 0 aliphatic carbocycles. The first-order valence-corrected chi connectivity index (χ1v) is 38.0. The lowest BCUT2D eigenvalue weighted by molar-refractivity contribution is -0.161. The summed E-state index contributed by atoms with van der Waals surface area (Å²) < 4.78 is 68.0. The highest BCUT2D eigenvalue weighted by molar-refractivity contribution is 7.47. The zero-order valence-electron chi connectivity index (χ0n) is 55.6. The molecule has 2 unspecified atom stereocenters. The molecule has 0 saturated carbocycles. The fraction of sp³-hybridized carbons (Fsp3) is 0.940. The molecule has 0 aliphatic heterocycles. The highest BCUT2D eigenvalue weighted by Gasteiger charge is 2.30. The van der Waals surface area contributed by atoms with E-state index in [1.54, 1.807) is 0 Å². The second-order valence-electron chi connectivity index (χ2n) is 25.2. The smallest absolute Gasteiger partial charge is 0.462 e. The Labute approximate surface area is 524 Å². The van der Waals surface area contributed by atoms with Crippen LogP contribution >= 0.6 is 15.6 Å². The van der Waals surface area contributed by atoms with Crippen molar-refractivity contribution in [1.82, 2.24) is 0 Å². The van der Waals surface area contributed by atoms with Gasteiger partial charge in [0.2, 0.25) is 0 Å². The predicted octanol–water partition coefficient (Wildman–Crippen LogP) is 18.8. The number of phosphoric acid groups is 2. The van der Waals surface area contributed by atoms with Gasteiger partial charge in [-0.2, -0.15) is 0 Å². The largest absolute Gasteiger partial charge is 0.472 e. The standard InChI is InChI=1S/C67H130O17P2/c1-7-9-11-13-14-15-16-17-18-19-20-21-22-27-33-39-45-51-66(71)84-63(56-78-65(70)50-44-38-32-28-23-25-30-36-41-47-59(3)4)58-82-86(75,76)80-54-61(68)53-79-85(73,74)81-57-62(55-77-64(69)49-43-35-12-10-8-2)83-67(72)52-46-40-34-29-24-26-31-37-42-48-60(5)6/h59-63,68H,7-58H2,1-6H3,(H,73,74)(H,75,76)/t61-,62+,63+/m0/s1. The number of aliphatic hydroxyl groups excluding tert-OH is 1. The summed E-state index contributed by atoms with van der Waals surface area (Å²) in [5, 5.41) is 10.5. The number of esters is 4. The Morgan fingerprint density at radius 3 is 0.791 bits per heavy atom. The average molecular weight is 1270 g/mol. The number of ether oxygens (including phenoxy) is 4. The topological polar surface area (TPSA) is 237 Å². The lowest BCUT2D eigenvalue weighted by Gasteiger charge is -2.21. The molecular formula is C67H130O17P2. The SMILES string of the molecule is CCCCCCCCCCCCCCCCCCCC(=O)O[C@H](COC(=O)CCCCCCCCCCCC(C)C)COP(=O)(O)OC[C@@H](O)COP(=O)(O)OC[C@@H](COC(=O)CCCCCCC)OC(=O)CCCCCCCCCCCC(C)C. The molecule has 0 aromatic rings. The third-order valence-electron chi connectivity index (χ3n) is 15.5. The monoisotopic (exact) mass is 1270 g/mol. The number of hydrogen-bond donors (Lipinski definition) is 3. The van der Waals surface area contributed by atoms with Gasteiger partial charge in [0.05, 0.1) is 26.4 Å². The zero-order valence-corrected chi connectivity index (χ0v) is 57.4. The van der Waals surface area contributed by atoms with Crippen molar-refractivity contribution in [2.75, 3.05) is 39.6 Å². The molecule has 0 amide bonds. The van der Waals surface area contributed by atoms with E-state index in [4.69, 9.17) is 37.0 Å². The molecule has 0 aromatic heterocycles. The van der Waals surface area contributed by atoms with E-state index in [0.717, 1.165) is 108 Å². The van der Waals surface area contributed by atoms with E-state index >= 15 is 0 Å². The van der Waals surface area contributed by atoms with Gasteiger partial charge in [-0.05, 0) is 37.5 Å². The maximum Gasteiger partial charge on any atom is 0.472 e. The van der Waals surface area contributed by atoms with Gasteiger partial charge in [-0.3, -0.25) is 37.3 Å². The summed E-state index contributed by atoms with van der Waals surface area (Å²) in [7, 11) is -9.89. The molecule has 5 atom stereocenters. The summed E-state index contributed by atoms with van der Waals surface area (Å²) in [5.41, 5.74) is 0. The molecule has 86 heavy (non-hydrogen) atoms. The Morgan fingerprint density at radius 1 is 0.314 bits per heavy atom. The average Bonchev–Trinajstić information content (AvgIpc) is 3.68. The molecular weight excluding hydrogens is 1140 g/mol. The summed E-state index contributed by atoms with van der Waals surface area (Å²) in [4.78, 5) is 72.1. The van der Waals surface area contributed by atoms with Crippen LogP contribution in [-0.2, 0) is 65.4 Å². The van der Waals surface area contributed by atoms with E-state index in [0.29, 0.717) is 25.7 Å². The number of phosphoric ester groups is 2. The van der Waals surface area contributed by atoms with Gasteiger partial charge >= 0.3 is 39.5 Å². The fourth-order valence-corrected chi connectivity index (χ4v) is 11.6. The predicted molar refractivity (Wildman–Crippen MR) is 345 cm³/mol. The van der Waals surface area contributed by atoms with Crippen LogP contribution in [0.1, 0.15) is 337 Å². The minimum atomic E-state index is -4.95. The maximum atomic E-state index is 13.0. The van der Waals surface area contributed by atoms with Crippen LogP contribution in [0.25, 0.3) is 0 Å². The Balaban J connectivity index is 5.16. The van der Waals surface area contributed by atoms with Gasteiger partial charge in [-0.25, -0.2) is 9.13 Å². The van der Waals surface area contributed by atoms with E-state index in [2.05, 4.69) is 41.5 Å². The van der Waals surface area contributed by atoms with Crippen LogP contribution in [0.4, 0.5) is 0 Å². The summed E-state index contributed by atoms with van der Waals surface area (Å²) in [6, 6.07) is 0. The summed E-state index contributed by atoms with van der Waals surface area (Å²) in [5.74, 6) is -0.659. The molecule has 0 heterocycles. The third kappa shape index (κ3) is 60.9. The maximum absolute atomic E-state index is 13.0. The lowest BCUT2D eigenvalue weighted by atomic mass is 10.0. The van der Waals surface area contributed by atoms with E-state index in [1.165, 1.54) is 148 Å². The quantitative estimate of drug-likeness (QED) is 0.0222. The molecule has 0 rings (SSSR count). The normalized spacial score (nSPS) is 14.2. The third-order valence-corrected chi connectivity index (χ3v) is 17.4. The Hall–Kier alpha value is -1.94. The molecule has 0 radical (unpaired) electrons. The van der Waals surface area contributed by atoms with Crippen molar-refractivity contribution in [2.45, 2.75) is 355 Å². The van der Waals surface area contributed by atoms with Gasteiger partial charge in [-0.15, -0.1) is 0 Å². The number of hydrogen-bond acceptors (Lipinski definition) is 15. The second kappa shape index (κ2) is 59.4. The Morgan fingerprint density at radius 2 is 0.535 bits per heavy atom. The van der Waals surface area contributed by atoms with Crippen molar-refractivity contribution in [3.05, 3.63) is 0 Å². The van der Waals surface area contributed by atoms with Gasteiger partial charge < -0.3 is 33.8 Å². The molecule has 0 bridgehead atoms. The van der Waals surface area contributed by atoms with Crippen LogP contribution in [0.5, 0.6) is 0 Å². The number of aliphatic hydroxyl groups is 1. The molecule has 3 N–H and O–H groups in total. The molecule has 0 saturated heterocycles. The molecule has 19 heteroatoms. The van der Waals surface area contributed by atoms with E-state index in [-0.39, 0.29) is 25.7 Å². The first-order valence-electron chi connectivity index (χ1n) is 35.0. The lowest BCUT2D eigenvalue weighted by Crippen LogP contribution is -2.30. The van der Waals surface area contributed by atoms with Crippen molar-refractivity contribution in [1.29, 1.82) is 0 Å². The van der Waals surface area contributed by atoms with Gasteiger partial charge in [0.15, 0.2) is 12.2 Å².